The molecule has 0 bridgehead atoms. The molecule has 90 valence electrons. The highest BCUT2D eigenvalue weighted by molar-refractivity contribution is 5.45. The van der Waals surface area contributed by atoms with Crippen LogP contribution in [0.2, 0.25) is 0 Å². The van der Waals surface area contributed by atoms with E-state index in [9.17, 15) is 0 Å². The topological polar surface area (TPSA) is 27.1 Å². The fourth-order valence-electron chi connectivity index (χ4n) is 1.89. The summed E-state index contributed by atoms with van der Waals surface area (Å²) in [7, 11) is 1.72. The minimum atomic E-state index is 0.511. The van der Waals surface area contributed by atoms with Gasteiger partial charge in [0.05, 0.1) is 12.8 Å². The number of nitrogens with zero attached hydrogens (tertiary/aromatic N) is 2. The maximum Gasteiger partial charge on any atom is 0.124 e. The smallest absolute Gasteiger partial charge is 0.124 e. The first-order valence-corrected chi connectivity index (χ1v) is 5.94. The van der Waals surface area contributed by atoms with Gasteiger partial charge in [0.1, 0.15) is 5.75 Å². The van der Waals surface area contributed by atoms with E-state index in [2.05, 4.69) is 31.1 Å². The highest BCUT2D eigenvalue weighted by Crippen LogP contribution is 2.30. The van der Waals surface area contributed by atoms with Gasteiger partial charge in [0.2, 0.25) is 0 Å². The predicted molar refractivity (Wildman–Crippen MR) is 68.8 cm³/mol. The fraction of sp³-hybridized carbons (Fsp3) is 0.357. The Labute approximate surface area is 102 Å². The monoisotopic (exact) mass is 230 g/mol. The SMILES string of the molecule is CCC(C)c1ccc(-n2cccn2)cc1OC. The molecule has 1 unspecified atom stereocenters. The zero-order chi connectivity index (χ0) is 12.3. The normalized spacial score (nSPS) is 12.4. The number of benzene rings is 1. The number of hydrogen-bond donors (Lipinski definition) is 0. The van der Waals surface area contributed by atoms with Gasteiger partial charge < -0.3 is 4.74 Å². The summed E-state index contributed by atoms with van der Waals surface area (Å²) in [6.07, 6.45) is 4.81. The molecular weight excluding hydrogens is 212 g/mol. The van der Waals surface area contributed by atoms with E-state index in [-0.39, 0.29) is 0 Å². The summed E-state index contributed by atoms with van der Waals surface area (Å²) in [4.78, 5) is 0. The highest BCUT2D eigenvalue weighted by atomic mass is 16.5. The maximum absolute atomic E-state index is 5.47. The molecule has 1 aromatic heterocycles. The average molecular weight is 230 g/mol. The number of aromatic nitrogens is 2. The lowest BCUT2D eigenvalue weighted by molar-refractivity contribution is 0.405. The Kier molecular flexibility index (Phi) is 3.47. The van der Waals surface area contributed by atoms with Crippen molar-refractivity contribution in [3.05, 3.63) is 42.2 Å². The summed E-state index contributed by atoms with van der Waals surface area (Å²) in [5.74, 6) is 1.45. The van der Waals surface area contributed by atoms with Crippen molar-refractivity contribution in [2.24, 2.45) is 0 Å². The second-order valence-corrected chi connectivity index (χ2v) is 4.19. The molecule has 2 aromatic rings. The van der Waals surface area contributed by atoms with Crippen molar-refractivity contribution >= 4 is 0 Å². The first-order chi connectivity index (χ1) is 8.26. The van der Waals surface area contributed by atoms with Crippen LogP contribution in [0.1, 0.15) is 31.7 Å². The minimum absolute atomic E-state index is 0.511. The van der Waals surface area contributed by atoms with Gasteiger partial charge in [-0.15, -0.1) is 0 Å². The average Bonchev–Trinajstić information content (AvgIpc) is 2.91. The van der Waals surface area contributed by atoms with Crippen molar-refractivity contribution in [3.63, 3.8) is 0 Å². The second kappa shape index (κ2) is 5.04. The molecule has 0 spiro atoms. The van der Waals surface area contributed by atoms with E-state index in [4.69, 9.17) is 4.74 Å². The highest BCUT2D eigenvalue weighted by Gasteiger charge is 2.10. The Bertz CT molecular complexity index is 477. The zero-order valence-electron chi connectivity index (χ0n) is 10.6. The van der Waals surface area contributed by atoms with E-state index < -0.39 is 0 Å². The minimum Gasteiger partial charge on any atom is -0.496 e. The third kappa shape index (κ3) is 2.33. The molecule has 0 aliphatic heterocycles. The molecule has 0 fully saturated rings. The lowest BCUT2D eigenvalue weighted by Gasteiger charge is -2.15. The van der Waals surface area contributed by atoms with Crippen LogP contribution in [-0.2, 0) is 0 Å². The zero-order valence-corrected chi connectivity index (χ0v) is 10.6. The summed E-state index contributed by atoms with van der Waals surface area (Å²) >= 11 is 0. The van der Waals surface area contributed by atoms with E-state index in [0.29, 0.717) is 5.92 Å². The molecular formula is C14H18N2O. The van der Waals surface area contributed by atoms with Gasteiger partial charge in [-0.05, 0) is 30.0 Å². The Balaban J connectivity index is 2.41. The predicted octanol–water partition coefficient (Wildman–Crippen LogP) is 3.39. The summed E-state index contributed by atoms with van der Waals surface area (Å²) in [5, 5.41) is 4.22. The van der Waals surface area contributed by atoms with E-state index in [1.165, 1.54) is 5.56 Å². The van der Waals surface area contributed by atoms with Crippen LogP contribution in [0.4, 0.5) is 0 Å². The molecule has 2 rings (SSSR count). The maximum atomic E-state index is 5.47. The quantitative estimate of drug-likeness (QED) is 0.805. The molecule has 1 aromatic carbocycles. The molecule has 0 N–H and O–H groups in total. The molecule has 3 heteroatoms. The largest absolute Gasteiger partial charge is 0.496 e. The second-order valence-electron chi connectivity index (χ2n) is 4.19. The molecule has 0 saturated carbocycles. The van der Waals surface area contributed by atoms with Gasteiger partial charge in [-0.2, -0.15) is 5.10 Å². The first-order valence-electron chi connectivity index (χ1n) is 5.94. The van der Waals surface area contributed by atoms with Crippen LogP contribution in [0.25, 0.3) is 5.69 Å². The summed E-state index contributed by atoms with van der Waals surface area (Å²) in [6, 6.07) is 8.16. The van der Waals surface area contributed by atoms with Crippen molar-refractivity contribution in [1.29, 1.82) is 0 Å². The van der Waals surface area contributed by atoms with Gasteiger partial charge in [-0.25, -0.2) is 4.68 Å². The van der Waals surface area contributed by atoms with Crippen molar-refractivity contribution in [3.8, 4) is 11.4 Å². The fourth-order valence-corrected chi connectivity index (χ4v) is 1.89. The Morgan fingerprint density at radius 2 is 2.24 bits per heavy atom. The van der Waals surface area contributed by atoms with E-state index in [1.807, 2.05) is 23.0 Å². The van der Waals surface area contributed by atoms with Crippen LogP contribution in [0.5, 0.6) is 5.75 Å². The van der Waals surface area contributed by atoms with Gasteiger partial charge in [0.15, 0.2) is 0 Å². The molecule has 17 heavy (non-hydrogen) atoms. The van der Waals surface area contributed by atoms with E-state index in [1.54, 1.807) is 13.3 Å². The summed E-state index contributed by atoms with van der Waals surface area (Å²) < 4.78 is 7.30. The van der Waals surface area contributed by atoms with Crippen LogP contribution in [0.15, 0.2) is 36.7 Å². The van der Waals surface area contributed by atoms with E-state index in [0.717, 1.165) is 17.9 Å². The van der Waals surface area contributed by atoms with Gasteiger partial charge >= 0.3 is 0 Å². The first kappa shape index (κ1) is 11.7. The van der Waals surface area contributed by atoms with Crippen LogP contribution >= 0.6 is 0 Å². The number of hydrogen-bond acceptors (Lipinski definition) is 2. The third-order valence-corrected chi connectivity index (χ3v) is 3.13. The van der Waals surface area contributed by atoms with Gasteiger partial charge in [0, 0.05) is 18.5 Å². The van der Waals surface area contributed by atoms with Crippen LogP contribution < -0.4 is 4.74 Å². The van der Waals surface area contributed by atoms with Crippen molar-refractivity contribution in [2.45, 2.75) is 26.2 Å². The van der Waals surface area contributed by atoms with Crippen molar-refractivity contribution < 1.29 is 4.74 Å². The Morgan fingerprint density at radius 3 is 2.82 bits per heavy atom. The van der Waals surface area contributed by atoms with Crippen LogP contribution in [0, 0.1) is 0 Å². The van der Waals surface area contributed by atoms with Crippen molar-refractivity contribution in [1.82, 2.24) is 9.78 Å². The van der Waals surface area contributed by atoms with Gasteiger partial charge in [-0.3, -0.25) is 0 Å². The number of ether oxygens (including phenoxy) is 1. The molecule has 0 aliphatic carbocycles. The summed E-state index contributed by atoms with van der Waals surface area (Å²) in [6.45, 7) is 4.40. The molecule has 0 amide bonds. The molecule has 0 saturated heterocycles. The number of methoxy groups -OCH3 is 1. The molecule has 1 atom stereocenters. The summed E-state index contributed by atoms with van der Waals surface area (Å²) in [5.41, 5.74) is 2.28. The van der Waals surface area contributed by atoms with Crippen LogP contribution in [0.3, 0.4) is 0 Å². The third-order valence-electron chi connectivity index (χ3n) is 3.13. The lowest BCUT2D eigenvalue weighted by atomic mass is 9.97. The molecule has 0 radical (unpaired) electrons. The molecule has 0 aliphatic rings. The molecule has 3 nitrogen and oxygen atoms in total. The van der Waals surface area contributed by atoms with Crippen molar-refractivity contribution in [2.75, 3.05) is 7.11 Å². The van der Waals surface area contributed by atoms with E-state index >= 15 is 0 Å². The van der Waals surface area contributed by atoms with Gasteiger partial charge in [0.25, 0.3) is 0 Å². The molecule has 1 heterocycles. The van der Waals surface area contributed by atoms with Gasteiger partial charge in [-0.1, -0.05) is 19.9 Å². The Hall–Kier alpha value is -1.77. The standard InChI is InChI=1S/C14H18N2O/c1-4-11(2)13-7-6-12(10-14(13)17-3)16-9-5-8-15-16/h5-11H,4H2,1-3H3. The van der Waals surface area contributed by atoms with Crippen LogP contribution in [-0.4, -0.2) is 16.9 Å². The number of rotatable bonds is 4. The lowest BCUT2D eigenvalue weighted by Crippen LogP contribution is -2.00. The Morgan fingerprint density at radius 1 is 1.41 bits per heavy atom.